The number of carbonyl (C=O) groups is 1. The number of rotatable bonds is 6. The van der Waals surface area contributed by atoms with Gasteiger partial charge in [-0.1, -0.05) is 25.1 Å². The molecule has 0 atom stereocenters. The predicted octanol–water partition coefficient (Wildman–Crippen LogP) is 3.25. The first-order valence-corrected chi connectivity index (χ1v) is 10.4. The van der Waals surface area contributed by atoms with E-state index in [-0.39, 0.29) is 18.1 Å². The molecular formula is C19H22FN3O3S. The van der Waals surface area contributed by atoms with Crippen molar-refractivity contribution in [2.24, 2.45) is 0 Å². The number of halogens is 1. The van der Waals surface area contributed by atoms with E-state index < -0.39 is 16.1 Å². The molecule has 6 nitrogen and oxygen atoms in total. The smallest absolute Gasteiger partial charge is 0.319 e. The molecule has 1 heterocycles. The number of anilines is 2. The highest BCUT2D eigenvalue weighted by atomic mass is 32.2. The van der Waals surface area contributed by atoms with Gasteiger partial charge in [0.2, 0.25) is 10.0 Å². The highest BCUT2D eigenvalue weighted by molar-refractivity contribution is 7.92. The summed E-state index contributed by atoms with van der Waals surface area (Å²) in [5, 5.41) is 5.35. The third-order valence-electron chi connectivity index (χ3n) is 4.34. The van der Waals surface area contributed by atoms with Crippen LogP contribution < -0.4 is 14.9 Å². The Hall–Kier alpha value is -2.61. The normalized spacial score (nSPS) is 13.3. The minimum absolute atomic E-state index is 0.0955. The number of fused-ring (bicyclic) bond motifs is 1. The van der Waals surface area contributed by atoms with Crippen LogP contribution in [0.1, 0.15) is 24.5 Å². The summed E-state index contributed by atoms with van der Waals surface area (Å²) in [6.45, 7) is 2.44. The second kappa shape index (κ2) is 7.96. The van der Waals surface area contributed by atoms with Crippen LogP contribution >= 0.6 is 0 Å². The summed E-state index contributed by atoms with van der Waals surface area (Å²) in [6.07, 6.45) is 1.21. The van der Waals surface area contributed by atoms with Crippen molar-refractivity contribution in [2.75, 3.05) is 21.9 Å². The summed E-state index contributed by atoms with van der Waals surface area (Å²) < 4.78 is 39.4. The molecule has 0 aliphatic carbocycles. The molecule has 0 fully saturated rings. The molecule has 2 amide bonds. The van der Waals surface area contributed by atoms with Gasteiger partial charge in [-0.15, -0.1) is 0 Å². The van der Waals surface area contributed by atoms with E-state index in [0.29, 0.717) is 36.3 Å². The minimum Gasteiger partial charge on any atom is -0.334 e. The van der Waals surface area contributed by atoms with Gasteiger partial charge in [-0.3, -0.25) is 4.31 Å². The molecule has 0 unspecified atom stereocenters. The molecule has 0 radical (unpaired) electrons. The first kappa shape index (κ1) is 19.2. The third-order valence-corrected chi connectivity index (χ3v) is 6.31. The van der Waals surface area contributed by atoms with Crippen molar-refractivity contribution in [3.63, 3.8) is 0 Å². The molecule has 144 valence electrons. The summed E-state index contributed by atoms with van der Waals surface area (Å²) in [6, 6.07) is 10.8. The number of sulfonamides is 1. The van der Waals surface area contributed by atoms with E-state index in [1.165, 1.54) is 16.4 Å². The molecule has 2 N–H and O–H groups in total. The van der Waals surface area contributed by atoms with Crippen molar-refractivity contribution in [3.05, 3.63) is 59.4 Å². The number of carbonyl (C=O) groups excluding carboxylic acids is 1. The SMILES string of the molecule is CCCS(=O)(=O)N1CCc2ccc(NC(=O)NCc3cccc(F)c3)cc21. The zero-order valence-corrected chi connectivity index (χ0v) is 15.9. The van der Waals surface area contributed by atoms with E-state index in [0.717, 1.165) is 5.56 Å². The molecule has 27 heavy (non-hydrogen) atoms. The molecule has 0 spiro atoms. The van der Waals surface area contributed by atoms with Gasteiger partial charge in [0.05, 0.1) is 11.4 Å². The van der Waals surface area contributed by atoms with Crippen LogP contribution in [0.3, 0.4) is 0 Å². The van der Waals surface area contributed by atoms with Gasteiger partial charge in [0, 0.05) is 18.8 Å². The summed E-state index contributed by atoms with van der Waals surface area (Å²) >= 11 is 0. The molecule has 0 saturated heterocycles. The lowest BCUT2D eigenvalue weighted by atomic mass is 10.1. The fourth-order valence-electron chi connectivity index (χ4n) is 3.09. The molecule has 2 aromatic rings. The van der Waals surface area contributed by atoms with Crippen LogP contribution in [0.15, 0.2) is 42.5 Å². The maximum atomic E-state index is 13.2. The van der Waals surface area contributed by atoms with Gasteiger partial charge in [0.15, 0.2) is 0 Å². The Morgan fingerprint density at radius 1 is 1.22 bits per heavy atom. The van der Waals surface area contributed by atoms with Gasteiger partial charge in [-0.2, -0.15) is 0 Å². The van der Waals surface area contributed by atoms with Gasteiger partial charge < -0.3 is 10.6 Å². The van der Waals surface area contributed by atoms with E-state index in [1.54, 1.807) is 24.3 Å². The Morgan fingerprint density at radius 2 is 2.04 bits per heavy atom. The lowest BCUT2D eigenvalue weighted by molar-refractivity contribution is 0.251. The van der Waals surface area contributed by atoms with Crippen LogP contribution in [0.25, 0.3) is 0 Å². The largest absolute Gasteiger partial charge is 0.334 e. The maximum Gasteiger partial charge on any atom is 0.319 e. The Morgan fingerprint density at radius 3 is 2.78 bits per heavy atom. The van der Waals surface area contributed by atoms with Crippen molar-refractivity contribution in [1.29, 1.82) is 0 Å². The van der Waals surface area contributed by atoms with Crippen molar-refractivity contribution >= 4 is 27.4 Å². The quantitative estimate of drug-likeness (QED) is 0.793. The number of amides is 2. The predicted molar refractivity (Wildman–Crippen MR) is 104 cm³/mol. The maximum absolute atomic E-state index is 13.2. The van der Waals surface area contributed by atoms with Gasteiger partial charge in [0.1, 0.15) is 5.82 Å². The molecule has 2 aromatic carbocycles. The first-order chi connectivity index (χ1) is 12.9. The fraction of sp³-hybridized carbons (Fsp3) is 0.316. The van der Waals surface area contributed by atoms with Crippen LogP contribution in [0.4, 0.5) is 20.6 Å². The lowest BCUT2D eigenvalue weighted by Crippen LogP contribution is -2.31. The number of nitrogens with zero attached hydrogens (tertiary/aromatic N) is 1. The van der Waals surface area contributed by atoms with Gasteiger partial charge in [-0.25, -0.2) is 17.6 Å². The van der Waals surface area contributed by atoms with Crippen LogP contribution in [-0.4, -0.2) is 26.7 Å². The zero-order chi connectivity index (χ0) is 19.4. The lowest BCUT2D eigenvalue weighted by Gasteiger charge is -2.19. The molecule has 0 bridgehead atoms. The number of hydrogen-bond donors (Lipinski definition) is 2. The number of hydrogen-bond acceptors (Lipinski definition) is 3. The zero-order valence-electron chi connectivity index (χ0n) is 15.0. The molecule has 1 aliphatic heterocycles. The highest BCUT2D eigenvalue weighted by Crippen LogP contribution is 2.33. The monoisotopic (exact) mass is 391 g/mol. The summed E-state index contributed by atoms with van der Waals surface area (Å²) in [5.41, 5.74) is 2.71. The standard InChI is InChI=1S/C19H22FN3O3S/c1-2-10-27(25,26)23-9-8-15-6-7-17(12-18(15)23)22-19(24)21-13-14-4-3-5-16(20)11-14/h3-7,11-12H,2,8-10,13H2,1H3,(H2,21,22,24). The Kier molecular flexibility index (Phi) is 5.65. The van der Waals surface area contributed by atoms with E-state index in [1.807, 2.05) is 13.0 Å². The number of benzene rings is 2. The van der Waals surface area contributed by atoms with Crippen LogP contribution in [0, 0.1) is 5.82 Å². The Labute approximate surface area is 158 Å². The van der Waals surface area contributed by atoms with Crippen molar-refractivity contribution < 1.29 is 17.6 Å². The molecule has 1 aliphatic rings. The van der Waals surface area contributed by atoms with Crippen LogP contribution in [-0.2, 0) is 23.0 Å². The third kappa shape index (κ3) is 4.57. The highest BCUT2D eigenvalue weighted by Gasteiger charge is 2.28. The molecule has 0 aromatic heterocycles. The Balaban J connectivity index is 1.67. The average molecular weight is 391 g/mol. The summed E-state index contributed by atoms with van der Waals surface area (Å²) in [7, 11) is -3.35. The van der Waals surface area contributed by atoms with E-state index in [4.69, 9.17) is 0 Å². The minimum atomic E-state index is -3.35. The van der Waals surface area contributed by atoms with E-state index in [9.17, 15) is 17.6 Å². The van der Waals surface area contributed by atoms with Crippen molar-refractivity contribution in [2.45, 2.75) is 26.3 Å². The summed E-state index contributed by atoms with van der Waals surface area (Å²) in [4.78, 5) is 12.1. The second-order valence-electron chi connectivity index (χ2n) is 6.42. The van der Waals surface area contributed by atoms with Crippen molar-refractivity contribution in [3.8, 4) is 0 Å². The van der Waals surface area contributed by atoms with E-state index in [2.05, 4.69) is 10.6 Å². The van der Waals surface area contributed by atoms with Crippen LogP contribution in [0.5, 0.6) is 0 Å². The van der Waals surface area contributed by atoms with Gasteiger partial charge in [0.25, 0.3) is 0 Å². The topological polar surface area (TPSA) is 78.5 Å². The average Bonchev–Trinajstić information content (AvgIpc) is 3.04. The molecule has 0 saturated carbocycles. The van der Waals surface area contributed by atoms with Crippen LogP contribution in [0.2, 0.25) is 0 Å². The molecule has 8 heteroatoms. The molecular weight excluding hydrogens is 369 g/mol. The second-order valence-corrected chi connectivity index (χ2v) is 8.43. The summed E-state index contributed by atoms with van der Waals surface area (Å²) in [5.74, 6) is -0.264. The molecule has 3 rings (SSSR count). The fourth-order valence-corrected chi connectivity index (χ4v) is 4.66. The Bertz CT molecular complexity index is 947. The van der Waals surface area contributed by atoms with Crippen molar-refractivity contribution in [1.82, 2.24) is 5.32 Å². The first-order valence-electron chi connectivity index (χ1n) is 8.81. The van der Waals surface area contributed by atoms with Gasteiger partial charge in [-0.05, 0) is 48.2 Å². The number of urea groups is 1. The van der Waals surface area contributed by atoms with Gasteiger partial charge >= 0.3 is 6.03 Å². The number of nitrogens with one attached hydrogen (secondary N) is 2. The van der Waals surface area contributed by atoms with E-state index >= 15 is 0 Å².